The summed E-state index contributed by atoms with van der Waals surface area (Å²) in [6.45, 7) is 3.30. The molecule has 2 nitrogen and oxygen atoms in total. The Morgan fingerprint density at radius 1 is 1.50 bits per heavy atom. The standard InChI is InChI=1S/C12H9BrFNO/c1-4-12(2,3)16-9-6-5-8(7-15)10(13)11(9)14/h1,5-6H,2-3H3. The summed E-state index contributed by atoms with van der Waals surface area (Å²) < 4.78 is 19.1. The van der Waals surface area contributed by atoms with Gasteiger partial charge in [-0.1, -0.05) is 5.92 Å². The van der Waals surface area contributed by atoms with Crippen molar-refractivity contribution in [3.8, 4) is 24.2 Å². The van der Waals surface area contributed by atoms with E-state index in [0.717, 1.165) is 0 Å². The van der Waals surface area contributed by atoms with Crippen LogP contribution in [0.25, 0.3) is 0 Å². The van der Waals surface area contributed by atoms with E-state index in [1.807, 2.05) is 6.07 Å². The minimum atomic E-state index is -0.894. The maximum Gasteiger partial charge on any atom is 0.180 e. The van der Waals surface area contributed by atoms with Gasteiger partial charge < -0.3 is 4.74 Å². The molecule has 0 aromatic heterocycles. The van der Waals surface area contributed by atoms with Crippen LogP contribution in [0.15, 0.2) is 16.6 Å². The molecule has 0 N–H and O–H groups in total. The summed E-state index contributed by atoms with van der Waals surface area (Å²) in [6.07, 6.45) is 5.24. The molecule has 0 radical (unpaired) electrons. The van der Waals surface area contributed by atoms with Crippen LogP contribution in [0.1, 0.15) is 19.4 Å². The van der Waals surface area contributed by atoms with Gasteiger partial charge in [0.05, 0.1) is 10.0 Å². The third kappa shape index (κ3) is 2.53. The SMILES string of the molecule is C#CC(C)(C)Oc1ccc(C#N)c(Br)c1F. The molecule has 1 aromatic rings. The zero-order valence-corrected chi connectivity index (χ0v) is 10.4. The summed E-state index contributed by atoms with van der Waals surface area (Å²) in [5.74, 6) is 1.80. The molecule has 0 saturated heterocycles. The smallest absolute Gasteiger partial charge is 0.180 e. The summed E-state index contributed by atoms with van der Waals surface area (Å²) >= 11 is 2.99. The lowest BCUT2D eigenvalue weighted by Crippen LogP contribution is -2.26. The lowest BCUT2D eigenvalue weighted by molar-refractivity contribution is 0.164. The second-order valence-electron chi connectivity index (χ2n) is 3.61. The number of ether oxygens (including phenoxy) is 1. The normalized spacial score (nSPS) is 10.4. The summed E-state index contributed by atoms with van der Waals surface area (Å²) in [4.78, 5) is 0. The molecule has 0 aliphatic heterocycles. The van der Waals surface area contributed by atoms with Crippen molar-refractivity contribution in [1.29, 1.82) is 5.26 Å². The van der Waals surface area contributed by atoms with Crippen LogP contribution in [0.5, 0.6) is 5.75 Å². The minimum Gasteiger partial charge on any atom is -0.472 e. The number of nitrogens with zero attached hydrogens (tertiary/aromatic N) is 1. The van der Waals surface area contributed by atoms with Crippen LogP contribution in [-0.4, -0.2) is 5.60 Å². The van der Waals surface area contributed by atoms with Gasteiger partial charge in [-0.05, 0) is 41.9 Å². The molecule has 0 atom stereocenters. The predicted molar refractivity (Wildman–Crippen MR) is 62.4 cm³/mol. The molecule has 0 bridgehead atoms. The van der Waals surface area contributed by atoms with Gasteiger partial charge in [-0.3, -0.25) is 0 Å². The molecule has 4 heteroatoms. The second-order valence-corrected chi connectivity index (χ2v) is 4.40. The molecule has 0 saturated carbocycles. The Bertz CT molecular complexity index is 497. The Hall–Kier alpha value is -1.52. The Labute approximate surface area is 102 Å². The summed E-state index contributed by atoms with van der Waals surface area (Å²) in [5.41, 5.74) is -0.683. The van der Waals surface area contributed by atoms with Gasteiger partial charge in [-0.2, -0.15) is 5.26 Å². The average Bonchev–Trinajstić information content (AvgIpc) is 2.25. The van der Waals surface area contributed by atoms with Crippen molar-refractivity contribution in [3.63, 3.8) is 0 Å². The molecule has 16 heavy (non-hydrogen) atoms. The van der Waals surface area contributed by atoms with Gasteiger partial charge in [0.2, 0.25) is 0 Å². The van der Waals surface area contributed by atoms with Gasteiger partial charge in [0, 0.05) is 0 Å². The number of rotatable bonds is 2. The van der Waals surface area contributed by atoms with E-state index in [2.05, 4.69) is 21.9 Å². The van der Waals surface area contributed by atoms with Gasteiger partial charge >= 0.3 is 0 Å². The van der Waals surface area contributed by atoms with E-state index >= 15 is 0 Å². The first-order chi connectivity index (χ1) is 7.41. The van der Waals surface area contributed by atoms with E-state index in [4.69, 9.17) is 16.4 Å². The van der Waals surface area contributed by atoms with Gasteiger partial charge in [-0.15, -0.1) is 6.42 Å². The van der Waals surface area contributed by atoms with Gasteiger partial charge in [0.15, 0.2) is 17.2 Å². The highest BCUT2D eigenvalue weighted by molar-refractivity contribution is 9.10. The van der Waals surface area contributed by atoms with Crippen molar-refractivity contribution < 1.29 is 9.13 Å². The number of hydrogen-bond acceptors (Lipinski definition) is 2. The van der Waals surface area contributed by atoms with Crippen LogP contribution in [0.3, 0.4) is 0 Å². The van der Waals surface area contributed by atoms with E-state index in [1.54, 1.807) is 13.8 Å². The highest BCUT2D eigenvalue weighted by Crippen LogP contribution is 2.30. The monoisotopic (exact) mass is 281 g/mol. The molecule has 0 unspecified atom stereocenters. The van der Waals surface area contributed by atoms with Crippen LogP contribution in [0.4, 0.5) is 4.39 Å². The lowest BCUT2D eigenvalue weighted by Gasteiger charge is -2.20. The number of nitriles is 1. The van der Waals surface area contributed by atoms with Gasteiger partial charge in [0.1, 0.15) is 6.07 Å². The topological polar surface area (TPSA) is 33.0 Å². The van der Waals surface area contributed by atoms with Crippen molar-refractivity contribution in [2.75, 3.05) is 0 Å². The number of terminal acetylenes is 1. The van der Waals surface area contributed by atoms with Crippen LogP contribution in [0.2, 0.25) is 0 Å². The molecule has 82 valence electrons. The third-order valence-corrected chi connectivity index (χ3v) is 2.66. The van der Waals surface area contributed by atoms with Crippen LogP contribution < -0.4 is 4.74 Å². The maximum atomic E-state index is 13.7. The molecule has 0 heterocycles. The second kappa shape index (κ2) is 4.55. The van der Waals surface area contributed by atoms with Crippen LogP contribution >= 0.6 is 15.9 Å². The quantitative estimate of drug-likeness (QED) is 0.780. The summed E-state index contributed by atoms with van der Waals surface area (Å²) in [5, 5.41) is 8.69. The van der Waals surface area contributed by atoms with Crippen molar-refractivity contribution in [1.82, 2.24) is 0 Å². The molecule has 0 aliphatic carbocycles. The Morgan fingerprint density at radius 3 is 2.62 bits per heavy atom. The van der Waals surface area contributed by atoms with Crippen LogP contribution in [0, 0.1) is 29.5 Å². The number of halogens is 2. The fraction of sp³-hybridized carbons (Fsp3) is 0.250. The number of benzene rings is 1. The predicted octanol–water partition coefficient (Wildman–Crippen LogP) is 3.25. The lowest BCUT2D eigenvalue weighted by atomic mass is 10.1. The molecule has 0 spiro atoms. The van der Waals surface area contributed by atoms with E-state index in [-0.39, 0.29) is 15.8 Å². The highest BCUT2D eigenvalue weighted by Gasteiger charge is 2.20. The third-order valence-electron chi connectivity index (χ3n) is 1.88. The van der Waals surface area contributed by atoms with Gasteiger partial charge in [0.25, 0.3) is 0 Å². The highest BCUT2D eigenvalue weighted by atomic mass is 79.9. The Balaban J connectivity index is 3.16. The van der Waals surface area contributed by atoms with E-state index in [1.165, 1.54) is 12.1 Å². The Kier molecular flexibility index (Phi) is 3.57. The summed E-state index contributed by atoms with van der Waals surface area (Å²) in [7, 11) is 0. The largest absolute Gasteiger partial charge is 0.472 e. The molecular formula is C12H9BrFNO. The van der Waals surface area contributed by atoms with Crippen molar-refractivity contribution in [3.05, 3.63) is 28.0 Å². The van der Waals surface area contributed by atoms with E-state index in [9.17, 15) is 4.39 Å². The van der Waals surface area contributed by atoms with Crippen molar-refractivity contribution >= 4 is 15.9 Å². The molecule has 0 aliphatic rings. The van der Waals surface area contributed by atoms with E-state index < -0.39 is 11.4 Å². The number of hydrogen-bond donors (Lipinski definition) is 0. The molecule has 1 aromatic carbocycles. The van der Waals surface area contributed by atoms with Crippen molar-refractivity contribution in [2.24, 2.45) is 0 Å². The zero-order chi connectivity index (χ0) is 12.3. The van der Waals surface area contributed by atoms with Crippen molar-refractivity contribution in [2.45, 2.75) is 19.4 Å². The maximum absolute atomic E-state index is 13.7. The molecule has 0 fully saturated rings. The first kappa shape index (κ1) is 12.5. The molecular weight excluding hydrogens is 273 g/mol. The fourth-order valence-electron chi connectivity index (χ4n) is 1.00. The van der Waals surface area contributed by atoms with Crippen LogP contribution in [-0.2, 0) is 0 Å². The average molecular weight is 282 g/mol. The molecule has 0 amide bonds. The molecule has 1 rings (SSSR count). The van der Waals surface area contributed by atoms with E-state index in [0.29, 0.717) is 0 Å². The Morgan fingerprint density at radius 2 is 2.12 bits per heavy atom. The minimum absolute atomic E-state index is 0.0221. The zero-order valence-electron chi connectivity index (χ0n) is 8.84. The van der Waals surface area contributed by atoms with Gasteiger partial charge in [-0.25, -0.2) is 4.39 Å². The first-order valence-corrected chi connectivity index (χ1v) is 5.25. The fourth-order valence-corrected chi connectivity index (χ4v) is 1.42. The first-order valence-electron chi connectivity index (χ1n) is 4.46. The summed E-state index contributed by atoms with van der Waals surface area (Å²) in [6, 6.07) is 4.71.